The second-order valence-corrected chi connectivity index (χ2v) is 5.80. The largest absolute Gasteiger partial charge is 0.481 e. The third-order valence-electron chi connectivity index (χ3n) is 4.91. The van der Waals surface area contributed by atoms with E-state index in [1.165, 1.54) is 0 Å². The van der Waals surface area contributed by atoms with Crippen LogP contribution in [0.5, 0.6) is 0 Å². The van der Waals surface area contributed by atoms with Crippen molar-refractivity contribution in [3.63, 3.8) is 0 Å². The molecule has 0 spiro atoms. The van der Waals surface area contributed by atoms with Crippen molar-refractivity contribution in [2.75, 3.05) is 0 Å². The van der Waals surface area contributed by atoms with Crippen LogP contribution in [0.1, 0.15) is 32.1 Å². The van der Waals surface area contributed by atoms with Crippen molar-refractivity contribution in [3.8, 4) is 0 Å². The Morgan fingerprint density at radius 1 is 1.25 bits per heavy atom. The molecule has 0 saturated heterocycles. The average Bonchev–Trinajstić information content (AvgIpc) is 2.14. The van der Waals surface area contributed by atoms with Gasteiger partial charge in [-0.3, -0.25) is 14.9 Å². The molecule has 0 aromatic carbocycles. The fourth-order valence-electron chi connectivity index (χ4n) is 4.69. The van der Waals surface area contributed by atoms with E-state index in [1.807, 2.05) is 0 Å². The van der Waals surface area contributed by atoms with Crippen molar-refractivity contribution < 1.29 is 14.8 Å². The average molecular weight is 225 g/mol. The molecule has 4 aliphatic rings. The third-order valence-corrected chi connectivity index (χ3v) is 4.91. The molecule has 0 amide bonds. The maximum atomic E-state index is 11.5. The molecule has 0 radical (unpaired) electrons. The Balaban J connectivity index is 2.05. The van der Waals surface area contributed by atoms with Gasteiger partial charge in [-0.25, -0.2) is 0 Å². The Morgan fingerprint density at radius 3 is 2.25 bits per heavy atom. The van der Waals surface area contributed by atoms with Crippen LogP contribution in [0, 0.1) is 33.3 Å². The maximum absolute atomic E-state index is 11.5. The summed E-state index contributed by atoms with van der Waals surface area (Å²) in [5.74, 6) is -0.0831. The van der Waals surface area contributed by atoms with Crippen LogP contribution in [-0.4, -0.2) is 22.0 Å². The zero-order valence-electron chi connectivity index (χ0n) is 8.96. The number of carbonyl (C=O) groups is 1. The molecule has 4 saturated carbocycles. The Bertz CT molecular complexity index is 353. The monoisotopic (exact) mass is 225 g/mol. The molecule has 0 aliphatic heterocycles. The predicted molar refractivity (Wildman–Crippen MR) is 54.4 cm³/mol. The summed E-state index contributed by atoms with van der Waals surface area (Å²) in [6.07, 6.45) is 3.90. The summed E-state index contributed by atoms with van der Waals surface area (Å²) in [5, 5.41) is 20.5. The number of hydrogen-bond acceptors (Lipinski definition) is 3. The zero-order valence-corrected chi connectivity index (χ0v) is 8.96. The van der Waals surface area contributed by atoms with E-state index in [1.54, 1.807) is 0 Å². The smallest absolute Gasteiger partial charge is 0.316 e. The minimum Gasteiger partial charge on any atom is -0.481 e. The molecule has 88 valence electrons. The van der Waals surface area contributed by atoms with E-state index in [9.17, 15) is 20.0 Å². The SMILES string of the molecule is O=C(O)C12C[C@@H]3CC(C[C@H](C3)C1)[C@@H]2[N+](=O)[O-]. The van der Waals surface area contributed by atoms with E-state index >= 15 is 0 Å². The number of aliphatic carboxylic acids is 1. The van der Waals surface area contributed by atoms with Gasteiger partial charge in [0.25, 0.3) is 0 Å². The van der Waals surface area contributed by atoms with Gasteiger partial charge in [-0.2, -0.15) is 0 Å². The molecular formula is C11H15NO4. The third kappa shape index (κ3) is 1.09. The highest BCUT2D eigenvalue weighted by Gasteiger charge is 2.66. The number of hydrogen-bond donors (Lipinski definition) is 1. The molecule has 0 aromatic heterocycles. The summed E-state index contributed by atoms with van der Waals surface area (Å²) in [7, 11) is 0. The molecule has 1 N–H and O–H groups in total. The van der Waals surface area contributed by atoms with Gasteiger partial charge >= 0.3 is 5.97 Å². The van der Waals surface area contributed by atoms with Gasteiger partial charge in [0.1, 0.15) is 5.41 Å². The first kappa shape index (κ1) is 10.1. The lowest BCUT2D eigenvalue weighted by atomic mass is 9.47. The van der Waals surface area contributed by atoms with Crippen molar-refractivity contribution in [2.45, 2.75) is 38.1 Å². The first-order valence-corrected chi connectivity index (χ1v) is 5.90. The lowest BCUT2D eigenvalue weighted by Gasteiger charge is -2.54. The molecule has 5 nitrogen and oxygen atoms in total. The zero-order chi connectivity index (χ0) is 11.5. The first-order chi connectivity index (χ1) is 7.53. The number of carboxylic acid groups (broad SMARTS) is 1. The van der Waals surface area contributed by atoms with E-state index in [-0.39, 0.29) is 10.8 Å². The van der Waals surface area contributed by atoms with E-state index in [2.05, 4.69) is 0 Å². The quantitative estimate of drug-likeness (QED) is 0.571. The molecule has 0 heterocycles. The van der Waals surface area contributed by atoms with Crippen molar-refractivity contribution in [2.24, 2.45) is 23.2 Å². The standard InChI is InChI=1S/C11H15NO4/c13-10(14)11-4-6-1-7(5-11)3-8(2-6)9(11)12(15)16/h6-9H,1-5H2,(H,13,14)/t6-,7-,8?,9-,11?/m0/s1. The Labute approximate surface area is 93.0 Å². The Morgan fingerprint density at radius 2 is 1.81 bits per heavy atom. The summed E-state index contributed by atoms with van der Waals surface area (Å²) in [4.78, 5) is 22.3. The number of nitrogens with zero attached hydrogens (tertiary/aromatic N) is 1. The van der Waals surface area contributed by atoms with Gasteiger partial charge in [-0.05, 0) is 43.9 Å². The van der Waals surface area contributed by atoms with Crippen molar-refractivity contribution >= 4 is 5.97 Å². The van der Waals surface area contributed by atoms with Gasteiger partial charge in [-0.1, -0.05) is 0 Å². The fourth-order valence-corrected chi connectivity index (χ4v) is 4.69. The van der Waals surface area contributed by atoms with Crippen LogP contribution in [0.15, 0.2) is 0 Å². The van der Waals surface area contributed by atoms with Crippen molar-refractivity contribution in [1.82, 2.24) is 0 Å². The predicted octanol–water partition coefficient (Wildman–Crippen LogP) is 1.54. The van der Waals surface area contributed by atoms with E-state index in [0.29, 0.717) is 24.7 Å². The van der Waals surface area contributed by atoms with Gasteiger partial charge in [0.2, 0.25) is 6.04 Å². The van der Waals surface area contributed by atoms with E-state index in [4.69, 9.17) is 0 Å². The maximum Gasteiger partial charge on any atom is 0.316 e. The summed E-state index contributed by atoms with van der Waals surface area (Å²) < 4.78 is 0. The van der Waals surface area contributed by atoms with Gasteiger partial charge in [0, 0.05) is 10.8 Å². The summed E-state index contributed by atoms with van der Waals surface area (Å²) in [6.45, 7) is 0. The Kier molecular flexibility index (Phi) is 1.86. The van der Waals surface area contributed by atoms with Gasteiger partial charge in [-0.15, -0.1) is 0 Å². The highest BCUT2D eigenvalue weighted by atomic mass is 16.6. The fraction of sp³-hybridized carbons (Fsp3) is 0.909. The highest BCUT2D eigenvalue weighted by Crippen LogP contribution is 2.60. The molecule has 4 rings (SSSR count). The van der Waals surface area contributed by atoms with E-state index in [0.717, 1.165) is 19.3 Å². The highest BCUT2D eigenvalue weighted by molar-refractivity contribution is 5.76. The summed E-state index contributed by atoms with van der Waals surface area (Å²) in [6, 6.07) is -0.835. The topological polar surface area (TPSA) is 80.4 Å². The normalized spacial score (nSPS) is 49.2. The molecule has 0 unspecified atom stereocenters. The summed E-state index contributed by atoms with van der Waals surface area (Å²) >= 11 is 0. The number of rotatable bonds is 2. The second kappa shape index (κ2) is 2.96. The summed E-state index contributed by atoms with van der Waals surface area (Å²) in [5.41, 5.74) is -1.04. The van der Waals surface area contributed by atoms with Gasteiger partial charge < -0.3 is 5.11 Å². The second-order valence-electron chi connectivity index (χ2n) is 5.80. The first-order valence-electron chi connectivity index (χ1n) is 5.90. The van der Waals surface area contributed by atoms with Crippen LogP contribution in [0.4, 0.5) is 0 Å². The van der Waals surface area contributed by atoms with Gasteiger partial charge in [0.15, 0.2) is 0 Å². The lowest BCUT2D eigenvalue weighted by Crippen LogP contribution is -2.61. The molecule has 4 fully saturated rings. The minimum absolute atomic E-state index is 0.0114. The minimum atomic E-state index is -1.04. The van der Waals surface area contributed by atoms with Crippen LogP contribution < -0.4 is 0 Å². The van der Waals surface area contributed by atoms with Gasteiger partial charge in [0.05, 0.1) is 0 Å². The molecule has 3 atom stereocenters. The molecule has 0 aromatic rings. The molecule has 16 heavy (non-hydrogen) atoms. The van der Waals surface area contributed by atoms with Crippen LogP contribution in [0.3, 0.4) is 0 Å². The number of carboxylic acids is 1. The molecule has 4 bridgehead atoms. The molecule has 5 heteroatoms. The molecule has 4 aliphatic carbocycles. The number of nitro groups is 1. The van der Waals surface area contributed by atoms with E-state index < -0.39 is 17.4 Å². The van der Waals surface area contributed by atoms with Crippen LogP contribution in [0.2, 0.25) is 0 Å². The Hall–Kier alpha value is -1.13. The van der Waals surface area contributed by atoms with Crippen molar-refractivity contribution in [3.05, 3.63) is 10.1 Å². The lowest BCUT2D eigenvalue weighted by molar-refractivity contribution is -0.561. The van der Waals surface area contributed by atoms with Crippen molar-refractivity contribution in [1.29, 1.82) is 0 Å². The van der Waals surface area contributed by atoms with Crippen LogP contribution in [0.25, 0.3) is 0 Å². The van der Waals surface area contributed by atoms with Crippen LogP contribution >= 0.6 is 0 Å². The van der Waals surface area contributed by atoms with Crippen LogP contribution in [-0.2, 0) is 4.79 Å². The molecular weight excluding hydrogens is 210 g/mol.